The van der Waals surface area contributed by atoms with Gasteiger partial charge in [0.25, 0.3) is 5.89 Å². The largest absolute Gasteiger partial charge is 0.507 e. The summed E-state index contributed by atoms with van der Waals surface area (Å²) in [6.45, 7) is 0.749. The molecule has 1 aromatic carbocycles. The first-order valence-corrected chi connectivity index (χ1v) is 6.76. The maximum Gasteiger partial charge on any atom is 0.258 e. The molecule has 1 fully saturated rings. The summed E-state index contributed by atoms with van der Waals surface area (Å²) in [6, 6.07) is 5.27. The van der Waals surface area contributed by atoms with Gasteiger partial charge in [0.1, 0.15) is 11.9 Å². The van der Waals surface area contributed by atoms with Gasteiger partial charge in [0.2, 0.25) is 5.82 Å². The van der Waals surface area contributed by atoms with Gasteiger partial charge in [-0.3, -0.25) is 0 Å². The zero-order chi connectivity index (χ0) is 12.5. The van der Waals surface area contributed by atoms with E-state index >= 15 is 0 Å². The van der Waals surface area contributed by atoms with Crippen molar-refractivity contribution in [1.82, 2.24) is 10.1 Å². The molecule has 1 atom stereocenters. The van der Waals surface area contributed by atoms with Gasteiger partial charge < -0.3 is 14.4 Å². The maximum atomic E-state index is 9.66. The lowest BCUT2D eigenvalue weighted by Gasteiger charge is -2.01. The number of aromatic nitrogens is 2. The first-order valence-electron chi connectivity index (χ1n) is 5.68. The van der Waals surface area contributed by atoms with Crippen LogP contribution in [0.4, 0.5) is 0 Å². The van der Waals surface area contributed by atoms with E-state index in [9.17, 15) is 5.11 Å². The van der Waals surface area contributed by atoms with Crippen LogP contribution in [-0.4, -0.2) is 21.9 Å². The number of phenols is 1. The van der Waals surface area contributed by atoms with Crippen molar-refractivity contribution in [3.63, 3.8) is 0 Å². The number of phenolic OH excluding ortho intramolecular Hbond substituents is 1. The van der Waals surface area contributed by atoms with E-state index in [1.807, 2.05) is 6.07 Å². The predicted molar refractivity (Wildman–Crippen MR) is 72.0 cm³/mol. The molecule has 1 unspecified atom stereocenters. The SMILES string of the molecule is Oc1cc(-c2nc(C3CCCO3)no2)ccc1I. The lowest BCUT2D eigenvalue weighted by molar-refractivity contribution is 0.103. The van der Waals surface area contributed by atoms with Crippen molar-refractivity contribution in [2.75, 3.05) is 6.61 Å². The number of benzene rings is 1. The molecule has 3 rings (SSSR count). The summed E-state index contributed by atoms with van der Waals surface area (Å²) in [5, 5.41) is 13.6. The Hall–Kier alpha value is -1.15. The molecule has 1 aliphatic rings. The first-order chi connectivity index (χ1) is 8.74. The summed E-state index contributed by atoms with van der Waals surface area (Å²) in [4.78, 5) is 4.32. The Morgan fingerprint density at radius 1 is 1.39 bits per heavy atom. The minimum Gasteiger partial charge on any atom is -0.507 e. The topological polar surface area (TPSA) is 68.4 Å². The lowest BCUT2D eigenvalue weighted by atomic mass is 10.2. The van der Waals surface area contributed by atoms with Crippen LogP contribution in [0.15, 0.2) is 22.7 Å². The smallest absolute Gasteiger partial charge is 0.258 e. The molecule has 0 radical (unpaired) electrons. The van der Waals surface area contributed by atoms with E-state index in [2.05, 4.69) is 32.7 Å². The van der Waals surface area contributed by atoms with Crippen LogP contribution in [0.25, 0.3) is 11.5 Å². The summed E-state index contributed by atoms with van der Waals surface area (Å²) >= 11 is 2.06. The fraction of sp³-hybridized carbons (Fsp3) is 0.333. The third-order valence-electron chi connectivity index (χ3n) is 2.85. The van der Waals surface area contributed by atoms with E-state index in [4.69, 9.17) is 9.26 Å². The van der Waals surface area contributed by atoms with Crippen molar-refractivity contribution in [3.8, 4) is 17.2 Å². The van der Waals surface area contributed by atoms with E-state index in [1.165, 1.54) is 0 Å². The molecule has 6 heteroatoms. The van der Waals surface area contributed by atoms with Crippen LogP contribution in [-0.2, 0) is 4.74 Å². The van der Waals surface area contributed by atoms with Crippen molar-refractivity contribution in [2.24, 2.45) is 0 Å². The number of hydrogen-bond donors (Lipinski definition) is 1. The van der Waals surface area contributed by atoms with Crippen LogP contribution in [0, 0.1) is 3.57 Å². The molecule has 0 amide bonds. The van der Waals surface area contributed by atoms with Crippen molar-refractivity contribution in [2.45, 2.75) is 18.9 Å². The van der Waals surface area contributed by atoms with E-state index in [1.54, 1.807) is 12.1 Å². The summed E-state index contributed by atoms with van der Waals surface area (Å²) in [7, 11) is 0. The summed E-state index contributed by atoms with van der Waals surface area (Å²) in [5.74, 6) is 1.21. The second-order valence-electron chi connectivity index (χ2n) is 4.13. The van der Waals surface area contributed by atoms with Gasteiger partial charge in [-0.05, 0) is 53.6 Å². The highest BCUT2D eigenvalue weighted by molar-refractivity contribution is 14.1. The maximum absolute atomic E-state index is 9.66. The van der Waals surface area contributed by atoms with Crippen molar-refractivity contribution < 1.29 is 14.4 Å². The minimum absolute atomic E-state index is 0.0556. The van der Waals surface area contributed by atoms with Crippen LogP contribution in [0.5, 0.6) is 5.75 Å². The molecule has 0 aliphatic carbocycles. The summed E-state index contributed by atoms with van der Waals surface area (Å²) in [5.41, 5.74) is 0.713. The van der Waals surface area contributed by atoms with Gasteiger partial charge in [0.15, 0.2) is 0 Å². The molecule has 2 heterocycles. The number of rotatable bonds is 2. The van der Waals surface area contributed by atoms with Crippen LogP contribution >= 0.6 is 22.6 Å². The third kappa shape index (κ3) is 2.22. The predicted octanol–water partition coefficient (Wildman–Crippen LogP) is 2.90. The van der Waals surface area contributed by atoms with Crippen LogP contribution in [0.1, 0.15) is 24.8 Å². The summed E-state index contributed by atoms with van der Waals surface area (Å²) < 4.78 is 11.5. The van der Waals surface area contributed by atoms with E-state index in [0.29, 0.717) is 17.3 Å². The molecule has 1 saturated heterocycles. The normalized spacial score (nSPS) is 19.3. The molecule has 0 spiro atoms. The second kappa shape index (κ2) is 4.85. The molecule has 1 N–H and O–H groups in total. The first kappa shape index (κ1) is 11.9. The van der Waals surface area contributed by atoms with Crippen molar-refractivity contribution in [3.05, 3.63) is 27.6 Å². The highest BCUT2D eigenvalue weighted by atomic mass is 127. The second-order valence-corrected chi connectivity index (χ2v) is 5.29. The fourth-order valence-electron chi connectivity index (χ4n) is 1.91. The van der Waals surface area contributed by atoms with Gasteiger partial charge in [-0.1, -0.05) is 5.16 Å². The summed E-state index contributed by atoms with van der Waals surface area (Å²) in [6.07, 6.45) is 1.90. The number of ether oxygens (including phenoxy) is 1. The molecule has 18 heavy (non-hydrogen) atoms. The Morgan fingerprint density at radius 2 is 2.28 bits per heavy atom. The Labute approximate surface area is 117 Å². The van der Waals surface area contributed by atoms with Gasteiger partial charge in [-0.25, -0.2) is 0 Å². The van der Waals surface area contributed by atoms with Crippen LogP contribution < -0.4 is 0 Å². The van der Waals surface area contributed by atoms with E-state index in [0.717, 1.165) is 23.0 Å². The zero-order valence-electron chi connectivity index (χ0n) is 9.47. The van der Waals surface area contributed by atoms with Gasteiger partial charge in [-0.15, -0.1) is 0 Å². The minimum atomic E-state index is -0.0556. The number of hydrogen-bond acceptors (Lipinski definition) is 5. The Kier molecular flexibility index (Phi) is 3.21. The molecule has 0 bridgehead atoms. The molecular formula is C12H11IN2O3. The van der Waals surface area contributed by atoms with Crippen molar-refractivity contribution in [1.29, 1.82) is 0 Å². The highest BCUT2D eigenvalue weighted by Gasteiger charge is 2.23. The third-order valence-corrected chi connectivity index (χ3v) is 3.76. The number of halogens is 1. The Morgan fingerprint density at radius 3 is 3.00 bits per heavy atom. The molecular weight excluding hydrogens is 347 g/mol. The molecule has 1 aromatic heterocycles. The Balaban J connectivity index is 1.89. The highest BCUT2D eigenvalue weighted by Crippen LogP contribution is 2.30. The fourth-order valence-corrected chi connectivity index (χ4v) is 2.25. The Bertz CT molecular complexity index is 564. The van der Waals surface area contributed by atoms with Gasteiger partial charge in [-0.2, -0.15) is 4.98 Å². The molecule has 2 aromatic rings. The molecule has 94 valence electrons. The lowest BCUT2D eigenvalue weighted by Crippen LogP contribution is -1.97. The standard InChI is InChI=1S/C12H11IN2O3/c13-8-4-3-7(6-9(8)16)12-14-11(15-18-12)10-2-1-5-17-10/h3-4,6,10,16H,1-2,5H2. The van der Waals surface area contributed by atoms with Gasteiger partial charge in [0, 0.05) is 12.2 Å². The average Bonchev–Trinajstić information content (AvgIpc) is 3.01. The molecule has 0 saturated carbocycles. The molecule has 5 nitrogen and oxygen atoms in total. The van der Waals surface area contributed by atoms with Crippen LogP contribution in [0.2, 0.25) is 0 Å². The number of nitrogens with zero attached hydrogens (tertiary/aromatic N) is 2. The average molecular weight is 358 g/mol. The van der Waals surface area contributed by atoms with E-state index < -0.39 is 0 Å². The van der Waals surface area contributed by atoms with E-state index in [-0.39, 0.29) is 11.9 Å². The molecule has 1 aliphatic heterocycles. The number of aromatic hydroxyl groups is 1. The monoisotopic (exact) mass is 358 g/mol. The van der Waals surface area contributed by atoms with Crippen molar-refractivity contribution >= 4 is 22.6 Å². The van der Waals surface area contributed by atoms with Gasteiger partial charge in [0.05, 0.1) is 3.57 Å². The quantitative estimate of drug-likeness (QED) is 0.837. The van der Waals surface area contributed by atoms with Crippen LogP contribution in [0.3, 0.4) is 0 Å². The zero-order valence-corrected chi connectivity index (χ0v) is 11.6. The van der Waals surface area contributed by atoms with Gasteiger partial charge >= 0.3 is 0 Å².